The van der Waals surface area contributed by atoms with Gasteiger partial charge in [-0.1, -0.05) is 6.92 Å². The molecule has 1 aromatic carbocycles. The van der Waals surface area contributed by atoms with Crippen molar-refractivity contribution in [2.45, 2.75) is 50.9 Å². The molecule has 1 amide bonds. The third kappa shape index (κ3) is 7.16. The zero-order valence-electron chi connectivity index (χ0n) is 22.3. The second-order valence-electron chi connectivity index (χ2n) is 10.4. The second-order valence-corrected chi connectivity index (χ2v) is 12.9. The lowest BCUT2D eigenvalue weighted by atomic mass is 9.99. The van der Waals surface area contributed by atoms with Crippen LogP contribution in [-0.4, -0.2) is 64.0 Å². The summed E-state index contributed by atoms with van der Waals surface area (Å²) in [7, 11) is -0.561. The molecular formula is C26H36F3N5O3S. The molecule has 1 aliphatic rings. The van der Waals surface area contributed by atoms with Gasteiger partial charge in [-0.05, 0) is 68.4 Å². The number of alkyl halides is 1. The number of sulfonamides is 1. The Bertz CT molecular complexity index is 1240. The van der Waals surface area contributed by atoms with Gasteiger partial charge in [-0.3, -0.25) is 9.10 Å². The average molecular weight is 556 g/mol. The summed E-state index contributed by atoms with van der Waals surface area (Å²) >= 11 is 0. The predicted molar refractivity (Wildman–Crippen MR) is 143 cm³/mol. The van der Waals surface area contributed by atoms with E-state index in [1.807, 2.05) is 11.9 Å². The summed E-state index contributed by atoms with van der Waals surface area (Å²) in [6.07, 6.45) is 0.958. The minimum absolute atomic E-state index is 0.0515. The molecule has 1 fully saturated rings. The Labute approximate surface area is 222 Å². The largest absolute Gasteiger partial charge is 0.359 e. The molecule has 2 unspecified atom stereocenters. The zero-order chi connectivity index (χ0) is 28.4. The number of carbonyl (C=O) groups is 1. The van der Waals surface area contributed by atoms with Gasteiger partial charge in [0.05, 0.1) is 17.3 Å². The van der Waals surface area contributed by atoms with E-state index < -0.39 is 51.6 Å². The Hall–Kier alpha value is -2.86. The maximum absolute atomic E-state index is 13.7. The summed E-state index contributed by atoms with van der Waals surface area (Å²) in [4.78, 5) is 19.7. The Morgan fingerprint density at radius 1 is 1.13 bits per heavy atom. The molecule has 2 aromatic rings. The van der Waals surface area contributed by atoms with Gasteiger partial charge >= 0.3 is 0 Å². The quantitative estimate of drug-likeness (QED) is 0.416. The Morgan fingerprint density at radius 3 is 2.24 bits per heavy atom. The lowest BCUT2D eigenvalue weighted by molar-refractivity contribution is 0.0928. The molecule has 0 spiro atoms. The summed E-state index contributed by atoms with van der Waals surface area (Å²) in [6.45, 7) is 4.93. The number of halogens is 3. The highest BCUT2D eigenvalue weighted by Gasteiger charge is 2.34. The Morgan fingerprint density at radius 2 is 1.71 bits per heavy atom. The number of carbonyl (C=O) groups excluding carboxylic acids is 1. The molecular weight excluding hydrogens is 519 g/mol. The van der Waals surface area contributed by atoms with Crippen LogP contribution in [0.15, 0.2) is 30.3 Å². The summed E-state index contributed by atoms with van der Waals surface area (Å²) in [5, 5.41) is 1.94. The Balaban J connectivity index is 1.95. The number of pyridine rings is 1. The fraction of sp³-hybridized carbons (Fsp3) is 0.538. The molecule has 4 atom stereocenters. The van der Waals surface area contributed by atoms with E-state index in [-0.39, 0.29) is 23.4 Å². The second kappa shape index (κ2) is 11.9. The molecule has 3 rings (SSSR count). The van der Waals surface area contributed by atoms with Crippen molar-refractivity contribution in [3.8, 4) is 0 Å². The van der Waals surface area contributed by atoms with Gasteiger partial charge in [-0.2, -0.15) is 0 Å². The van der Waals surface area contributed by atoms with Crippen molar-refractivity contribution in [3.63, 3.8) is 0 Å². The molecule has 8 nitrogen and oxygen atoms in total. The number of nitrogens with two attached hydrogens (primary N) is 1. The number of nitrogens with zero attached hydrogens (tertiary/aromatic N) is 3. The van der Waals surface area contributed by atoms with Gasteiger partial charge in [0, 0.05) is 32.3 Å². The number of amides is 1. The minimum atomic E-state index is -3.74. The Kier molecular flexibility index (Phi) is 9.30. The van der Waals surface area contributed by atoms with E-state index in [2.05, 4.69) is 17.2 Å². The van der Waals surface area contributed by atoms with Gasteiger partial charge in [0.25, 0.3) is 5.91 Å². The highest BCUT2D eigenvalue weighted by Crippen LogP contribution is 2.38. The first-order valence-electron chi connectivity index (χ1n) is 12.5. The van der Waals surface area contributed by atoms with Crippen LogP contribution in [0.4, 0.5) is 24.8 Å². The molecule has 1 aliphatic carbocycles. The number of nitrogens with one attached hydrogen (secondary N) is 1. The number of anilines is 2. The van der Waals surface area contributed by atoms with Crippen molar-refractivity contribution in [3.05, 3.63) is 53.1 Å². The number of hydrogen-bond donors (Lipinski definition) is 2. The standard InChI is InChI=1S/C26H36F3N5O3S/c1-15(2)38(36,37)34(5)25-11-18(10-24(32-25)33(4)14-19-6-16(19)3)26(35)31-23(22(30)13-27)9-17-7-20(28)12-21(29)8-17/h7-8,10-12,15-16,19,22-23H,6,9,13-14,30H2,1-5H3,(H,31,35)/t16?,19?,22-,23-/m0/s1. The van der Waals surface area contributed by atoms with Crippen molar-refractivity contribution in [2.24, 2.45) is 17.6 Å². The van der Waals surface area contributed by atoms with E-state index in [1.165, 1.54) is 19.2 Å². The van der Waals surface area contributed by atoms with Gasteiger partial charge in [0.2, 0.25) is 10.0 Å². The fourth-order valence-corrected chi connectivity index (χ4v) is 5.17. The van der Waals surface area contributed by atoms with Gasteiger partial charge in [-0.15, -0.1) is 0 Å². The van der Waals surface area contributed by atoms with Gasteiger partial charge in [0.15, 0.2) is 0 Å². The molecule has 1 saturated carbocycles. The van der Waals surface area contributed by atoms with Crippen molar-refractivity contribution >= 4 is 27.6 Å². The zero-order valence-corrected chi connectivity index (χ0v) is 23.1. The third-order valence-corrected chi connectivity index (χ3v) is 9.07. The number of benzene rings is 1. The lowest BCUT2D eigenvalue weighted by Crippen LogP contribution is -2.50. The fourth-order valence-electron chi connectivity index (χ4n) is 4.19. The SMILES string of the molecule is CC1CC1CN(C)c1cc(C(=O)N[C@@H](Cc2cc(F)cc(F)c2)[C@@H](N)CF)cc(N(C)S(=O)(=O)C(C)C)n1. The van der Waals surface area contributed by atoms with E-state index in [9.17, 15) is 26.4 Å². The highest BCUT2D eigenvalue weighted by molar-refractivity contribution is 7.93. The van der Waals surface area contributed by atoms with E-state index in [0.29, 0.717) is 30.3 Å². The first-order chi connectivity index (χ1) is 17.7. The summed E-state index contributed by atoms with van der Waals surface area (Å²) in [5.41, 5.74) is 6.20. The maximum atomic E-state index is 13.7. The van der Waals surface area contributed by atoms with Crippen LogP contribution < -0.4 is 20.3 Å². The van der Waals surface area contributed by atoms with Crippen LogP contribution >= 0.6 is 0 Å². The molecule has 1 aromatic heterocycles. The number of hydrogen-bond acceptors (Lipinski definition) is 6. The molecule has 0 aliphatic heterocycles. The maximum Gasteiger partial charge on any atom is 0.251 e. The van der Waals surface area contributed by atoms with Crippen LogP contribution in [0.2, 0.25) is 0 Å². The lowest BCUT2D eigenvalue weighted by Gasteiger charge is -2.26. The van der Waals surface area contributed by atoms with Crippen molar-refractivity contribution in [1.82, 2.24) is 10.3 Å². The topological polar surface area (TPSA) is 109 Å². The summed E-state index contributed by atoms with van der Waals surface area (Å²) < 4.78 is 67.7. The molecule has 0 bridgehead atoms. The van der Waals surface area contributed by atoms with Crippen LogP contribution in [0.1, 0.15) is 43.1 Å². The monoisotopic (exact) mass is 555 g/mol. The normalized spacial score (nSPS) is 18.7. The molecule has 38 heavy (non-hydrogen) atoms. The smallest absolute Gasteiger partial charge is 0.251 e. The van der Waals surface area contributed by atoms with E-state index in [1.54, 1.807) is 13.8 Å². The minimum Gasteiger partial charge on any atom is -0.359 e. The molecule has 12 heteroatoms. The van der Waals surface area contributed by atoms with E-state index in [4.69, 9.17) is 5.73 Å². The van der Waals surface area contributed by atoms with Gasteiger partial charge < -0.3 is 16.0 Å². The number of rotatable bonds is 12. The molecule has 210 valence electrons. The van der Waals surface area contributed by atoms with Crippen LogP contribution in [0.5, 0.6) is 0 Å². The van der Waals surface area contributed by atoms with Gasteiger partial charge in [0.1, 0.15) is 29.9 Å². The van der Waals surface area contributed by atoms with E-state index >= 15 is 0 Å². The third-order valence-electron chi connectivity index (χ3n) is 6.93. The van der Waals surface area contributed by atoms with Crippen molar-refractivity contribution in [2.75, 3.05) is 36.5 Å². The first-order valence-corrected chi connectivity index (χ1v) is 14.0. The van der Waals surface area contributed by atoms with E-state index in [0.717, 1.165) is 22.9 Å². The van der Waals surface area contributed by atoms with Gasteiger partial charge in [-0.25, -0.2) is 26.6 Å². The first kappa shape index (κ1) is 29.7. The molecule has 1 heterocycles. The molecule has 0 radical (unpaired) electrons. The van der Waals surface area contributed by atoms with Crippen molar-refractivity contribution < 1.29 is 26.4 Å². The van der Waals surface area contributed by atoms with Crippen molar-refractivity contribution in [1.29, 1.82) is 0 Å². The van der Waals surface area contributed by atoms with Crippen LogP contribution in [-0.2, 0) is 16.4 Å². The predicted octanol–water partition coefficient (Wildman–Crippen LogP) is 3.26. The van der Waals surface area contributed by atoms with Crippen LogP contribution in [0, 0.1) is 23.5 Å². The average Bonchev–Trinajstić information content (AvgIpc) is 3.55. The molecule has 3 N–H and O–H groups in total. The highest BCUT2D eigenvalue weighted by atomic mass is 32.2. The van der Waals surface area contributed by atoms with Crippen LogP contribution in [0.3, 0.4) is 0 Å². The van der Waals surface area contributed by atoms with Crippen LogP contribution in [0.25, 0.3) is 0 Å². The molecule has 0 saturated heterocycles. The summed E-state index contributed by atoms with van der Waals surface area (Å²) in [6, 6.07) is 3.64. The number of aromatic nitrogens is 1. The summed E-state index contributed by atoms with van der Waals surface area (Å²) in [5.74, 6) is -0.758.